The van der Waals surface area contributed by atoms with E-state index in [1.54, 1.807) is 28.7 Å². The SMILES string of the molecule is CCCN(CC1CC1)C(=O)CSc1nnc2n(-c3ccc(F)cc3F)c(=O)c3ccccc3n12. The Kier molecular flexibility index (Phi) is 6.07. The Balaban J connectivity index is 1.57. The van der Waals surface area contributed by atoms with Gasteiger partial charge < -0.3 is 4.90 Å². The Morgan fingerprint density at radius 1 is 1.18 bits per heavy atom. The second kappa shape index (κ2) is 9.17. The van der Waals surface area contributed by atoms with E-state index in [2.05, 4.69) is 10.2 Å². The first-order valence-electron chi connectivity index (χ1n) is 11.2. The van der Waals surface area contributed by atoms with Crippen molar-refractivity contribution in [2.45, 2.75) is 31.3 Å². The number of halogens is 2. The average molecular weight is 484 g/mol. The van der Waals surface area contributed by atoms with Gasteiger partial charge in [-0.1, -0.05) is 30.8 Å². The smallest absolute Gasteiger partial charge is 0.267 e. The summed E-state index contributed by atoms with van der Waals surface area (Å²) < 4.78 is 30.9. The molecule has 0 unspecified atom stereocenters. The van der Waals surface area contributed by atoms with Gasteiger partial charge in [0.2, 0.25) is 11.7 Å². The Labute approximate surface area is 198 Å². The monoisotopic (exact) mass is 483 g/mol. The van der Waals surface area contributed by atoms with Gasteiger partial charge in [-0.3, -0.25) is 14.0 Å². The van der Waals surface area contributed by atoms with Crippen molar-refractivity contribution in [2.75, 3.05) is 18.8 Å². The molecule has 0 aliphatic heterocycles. The number of para-hydroxylation sites is 1. The van der Waals surface area contributed by atoms with Crippen LogP contribution in [0.15, 0.2) is 52.4 Å². The van der Waals surface area contributed by atoms with Crippen molar-refractivity contribution in [1.29, 1.82) is 0 Å². The predicted molar refractivity (Wildman–Crippen MR) is 126 cm³/mol. The van der Waals surface area contributed by atoms with Crippen LogP contribution in [-0.2, 0) is 4.79 Å². The zero-order chi connectivity index (χ0) is 23.8. The quantitative estimate of drug-likeness (QED) is 0.354. The number of carbonyl (C=O) groups excluding carboxylic acids is 1. The highest BCUT2D eigenvalue weighted by molar-refractivity contribution is 7.99. The summed E-state index contributed by atoms with van der Waals surface area (Å²) >= 11 is 1.23. The molecule has 10 heteroatoms. The molecule has 0 saturated heterocycles. The van der Waals surface area contributed by atoms with Gasteiger partial charge in [-0.15, -0.1) is 10.2 Å². The van der Waals surface area contributed by atoms with E-state index in [-0.39, 0.29) is 23.1 Å². The van der Waals surface area contributed by atoms with Crippen molar-refractivity contribution in [3.8, 4) is 5.69 Å². The van der Waals surface area contributed by atoms with Crippen molar-refractivity contribution in [1.82, 2.24) is 24.1 Å². The molecule has 2 aromatic carbocycles. The number of aromatic nitrogens is 4. The summed E-state index contributed by atoms with van der Waals surface area (Å²) in [4.78, 5) is 28.1. The zero-order valence-electron chi connectivity index (χ0n) is 18.6. The van der Waals surface area contributed by atoms with Crippen LogP contribution < -0.4 is 5.56 Å². The first-order chi connectivity index (χ1) is 16.5. The summed E-state index contributed by atoms with van der Waals surface area (Å²) in [6.07, 6.45) is 3.22. The van der Waals surface area contributed by atoms with Gasteiger partial charge in [0, 0.05) is 19.2 Å². The second-order valence-electron chi connectivity index (χ2n) is 8.44. The van der Waals surface area contributed by atoms with E-state index < -0.39 is 17.2 Å². The minimum atomic E-state index is -0.887. The van der Waals surface area contributed by atoms with Gasteiger partial charge in [0.1, 0.15) is 11.6 Å². The maximum atomic E-state index is 14.7. The molecule has 0 bridgehead atoms. The topological polar surface area (TPSA) is 72.5 Å². The minimum Gasteiger partial charge on any atom is -0.342 e. The molecule has 0 atom stereocenters. The van der Waals surface area contributed by atoms with E-state index in [4.69, 9.17) is 0 Å². The van der Waals surface area contributed by atoms with Gasteiger partial charge in [0.15, 0.2) is 5.16 Å². The van der Waals surface area contributed by atoms with E-state index in [0.717, 1.165) is 29.7 Å². The molecule has 0 N–H and O–H groups in total. The first-order valence-corrected chi connectivity index (χ1v) is 12.2. The molecular formula is C24H23F2N5O2S. The molecule has 0 spiro atoms. The van der Waals surface area contributed by atoms with Crippen molar-refractivity contribution >= 4 is 34.3 Å². The van der Waals surface area contributed by atoms with E-state index in [9.17, 15) is 18.4 Å². The third-order valence-electron chi connectivity index (χ3n) is 5.89. The molecule has 1 aliphatic rings. The maximum absolute atomic E-state index is 14.7. The van der Waals surface area contributed by atoms with E-state index >= 15 is 0 Å². The second-order valence-corrected chi connectivity index (χ2v) is 9.39. The number of thioether (sulfide) groups is 1. The zero-order valence-corrected chi connectivity index (χ0v) is 19.4. The standard InChI is InChI=1S/C24H23F2N5O2S/c1-2-11-29(13-15-7-8-15)21(32)14-34-24-28-27-23-30(20-10-9-16(25)12-18(20)26)22(33)17-5-3-4-6-19(17)31(23)24/h3-6,9-10,12,15H,2,7-8,11,13-14H2,1H3. The maximum Gasteiger partial charge on any atom is 0.267 e. The molecule has 2 heterocycles. The molecule has 1 saturated carbocycles. The molecule has 4 aromatic rings. The molecule has 176 valence electrons. The fourth-order valence-corrected chi connectivity index (χ4v) is 4.91. The summed E-state index contributed by atoms with van der Waals surface area (Å²) in [7, 11) is 0. The number of benzene rings is 2. The van der Waals surface area contributed by atoms with E-state index in [1.807, 2.05) is 11.8 Å². The van der Waals surface area contributed by atoms with Crippen molar-refractivity contribution < 1.29 is 13.6 Å². The Bertz CT molecular complexity index is 1450. The van der Waals surface area contributed by atoms with Gasteiger partial charge in [0.25, 0.3) is 5.56 Å². The Morgan fingerprint density at radius 2 is 1.97 bits per heavy atom. The van der Waals surface area contributed by atoms with Crippen molar-refractivity contribution in [2.24, 2.45) is 5.92 Å². The van der Waals surface area contributed by atoms with Gasteiger partial charge in [-0.2, -0.15) is 0 Å². The lowest BCUT2D eigenvalue weighted by Crippen LogP contribution is -2.35. The molecule has 34 heavy (non-hydrogen) atoms. The van der Waals surface area contributed by atoms with Crippen LogP contribution in [0.5, 0.6) is 0 Å². The highest BCUT2D eigenvalue weighted by Gasteiger charge is 2.27. The third-order valence-corrected chi connectivity index (χ3v) is 6.81. The molecule has 0 radical (unpaired) electrons. The van der Waals surface area contributed by atoms with Crippen LogP contribution in [0, 0.1) is 17.6 Å². The molecule has 5 rings (SSSR count). The number of fused-ring (bicyclic) bond motifs is 3. The number of hydrogen-bond acceptors (Lipinski definition) is 5. The Hall–Kier alpha value is -3.27. The lowest BCUT2D eigenvalue weighted by atomic mass is 10.2. The Morgan fingerprint density at radius 3 is 2.71 bits per heavy atom. The average Bonchev–Trinajstić information content (AvgIpc) is 3.55. The van der Waals surface area contributed by atoms with Crippen LogP contribution in [0.4, 0.5) is 8.78 Å². The minimum absolute atomic E-state index is 0.0257. The molecule has 7 nitrogen and oxygen atoms in total. The summed E-state index contributed by atoms with van der Waals surface area (Å²) in [5, 5.41) is 9.12. The summed E-state index contributed by atoms with van der Waals surface area (Å²) in [6, 6.07) is 9.88. The van der Waals surface area contributed by atoms with Crippen LogP contribution in [0.1, 0.15) is 26.2 Å². The summed E-state index contributed by atoms with van der Waals surface area (Å²) in [6.45, 7) is 3.54. The molecule has 1 fully saturated rings. The largest absolute Gasteiger partial charge is 0.342 e. The summed E-state index contributed by atoms with van der Waals surface area (Å²) in [5.41, 5.74) is -0.0717. The molecule has 1 aliphatic carbocycles. The normalized spacial score (nSPS) is 13.6. The van der Waals surface area contributed by atoms with Gasteiger partial charge in [-0.05, 0) is 49.4 Å². The summed E-state index contributed by atoms with van der Waals surface area (Å²) in [5.74, 6) is -0.748. The van der Waals surface area contributed by atoms with E-state index in [1.165, 1.54) is 30.7 Å². The molecule has 1 amide bonds. The lowest BCUT2D eigenvalue weighted by Gasteiger charge is -2.21. The van der Waals surface area contributed by atoms with Crippen LogP contribution in [0.25, 0.3) is 22.4 Å². The highest BCUT2D eigenvalue weighted by Crippen LogP contribution is 2.30. The van der Waals surface area contributed by atoms with Crippen LogP contribution in [0.3, 0.4) is 0 Å². The fraction of sp³-hybridized carbons (Fsp3) is 0.333. The predicted octanol–water partition coefficient (Wildman–Crippen LogP) is 4.05. The van der Waals surface area contributed by atoms with Crippen LogP contribution in [-0.4, -0.2) is 48.8 Å². The van der Waals surface area contributed by atoms with E-state index in [0.29, 0.717) is 28.5 Å². The van der Waals surface area contributed by atoms with Crippen molar-refractivity contribution in [3.05, 3.63) is 64.5 Å². The number of amides is 1. The number of hydrogen-bond donors (Lipinski definition) is 0. The molecular weight excluding hydrogens is 460 g/mol. The van der Waals surface area contributed by atoms with Crippen LogP contribution >= 0.6 is 11.8 Å². The van der Waals surface area contributed by atoms with Crippen molar-refractivity contribution in [3.63, 3.8) is 0 Å². The highest BCUT2D eigenvalue weighted by atomic mass is 32.2. The number of nitrogens with zero attached hydrogens (tertiary/aromatic N) is 5. The number of carbonyl (C=O) groups is 1. The third kappa shape index (κ3) is 4.18. The van der Waals surface area contributed by atoms with Gasteiger partial charge >= 0.3 is 0 Å². The lowest BCUT2D eigenvalue weighted by molar-refractivity contribution is -0.128. The van der Waals surface area contributed by atoms with Gasteiger partial charge in [-0.25, -0.2) is 13.3 Å². The van der Waals surface area contributed by atoms with Crippen LogP contribution in [0.2, 0.25) is 0 Å². The molecule has 2 aromatic heterocycles. The fourth-order valence-electron chi connectivity index (χ4n) is 4.07. The van der Waals surface area contributed by atoms with Gasteiger partial charge in [0.05, 0.1) is 22.3 Å². The number of rotatable bonds is 8. The first kappa shape index (κ1) is 22.5.